The maximum atomic E-state index is 5.32. The van der Waals surface area contributed by atoms with Crippen molar-refractivity contribution in [2.24, 2.45) is 0 Å². The van der Waals surface area contributed by atoms with Gasteiger partial charge in [0.25, 0.3) is 0 Å². The van der Waals surface area contributed by atoms with Crippen molar-refractivity contribution in [1.82, 2.24) is 4.98 Å². The van der Waals surface area contributed by atoms with Crippen LogP contribution in [0.3, 0.4) is 0 Å². The van der Waals surface area contributed by atoms with E-state index in [-0.39, 0.29) is 5.41 Å². The molecule has 0 N–H and O–H groups in total. The van der Waals surface area contributed by atoms with Crippen LogP contribution in [0.5, 0.6) is 0 Å². The lowest BCUT2D eigenvalue weighted by molar-refractivity contribution is 0.662. The van der Waals surface area contributed by atoms with Crippen LogP contribution in [0.2, 0.25) is 0 Å². The Hall–Kier alpha value is -7.87. The van der Waals surface area contributed by atoms with Crippen LogP contribution in [0.4, 0.5) is 0 Å². The number of fused-ring (bicyclic) bond motifs is 4. The molecule has 0 saturated heterocycles. The Morgan fingerprint density at radius 3 is 1.41 bits per heavy atom. The maximum Gasteiger partial charge on any atom is 0.0759 e. The van der Waals surface area contributed by atoms with E-state index in [1.165, 1.54) is 131 Å². The molecule has 1 heteroatoms. The first-order chi connectivity index (χ1) is 31.0. The first-order valence-electron chi connectivity index (χ1n) is 22.1. The van der Waals surface area contributed by atoms with E-state index in [0.29, 0.717) is 0 Å². The summed E-state index contributed by atoms with van der Waals surface area (Å²) in [7, 11) is 0. The molecule has 0 atom stereocenters. The van der Waals surface area contributed by atoms with Gasteiger partial charge in [-0.25, -0.2) is 4.98 Å². The van der Waals surface area contributed by atoms with Gasteiger partial charge in [0.05, 0.1) is 11.2 Å². The van der Waals surface area contributed by atoms with E-state index in [4.69, 9.17) is 4.98 Å². The Kier molecular flexibility index (Phi) is 6.96. The Morgan fingerprint density at radius 1 is 0.333 bits per heavy atom. The van der Waals surface area contributed by atoms with E-state index in [1.54, 1.807) is 0 Å². The standard InChI is InChI=1S/C62H39N/c1-62(2)53-15-5-3-13-51(53)61-60(62)59(52-14-4-6-16-54(52)63-61)43-19-17-36(18-20-43)44-33-45(47-29-25-41-23-21-37-9-7-11-39-27-31-49(47)57(41)55(37)39)35-46(34-44)48-30-26-42-24-22-38-10-8-12-40-28-32-50(48)58(42)56(38)40/h3-35H,1-2H3. The van der Waals surface area contributed by atoms with Crippen molar-refractivity contribution in [3.8, 4) is 55.8 Å². The third-order valence-corrected chi connectivity index (χ3v) is 14.5. The summed E-state index contributed by atoms with van der Waals surface area (Å²) in [6.45, 7) is 4.72. The van der Waals surface area contributed by atoms with Gasteiger partial charge in [-0.3, -0.25) is 0 Å². The monoisotopic (exact) mass is 797 g/mol. The molecule has 14 rings (SSSR count). The molecule has 0 fully saturated rings. The maximum absolute atomic E-state index is 5.32. The molecule has 1 aliphatic rings. The van der Waals surface area contributed by atoms with Crippen molar-refractivity contribution >= 4 is 75.5 Å². The molecule has 0 amide bonds. The molecule has 1 aliphatic carbocycles. The molecule has 13 aromatic rings. The van der Waals surface area contributed by atoms with Crippen LogP contribution in [0.15, 0.2) is 200 Å². The quantitative estimate of drug-likeness (QED) is 0.162. The largest absolute Gasteiger partial charge is 0.247 e. The van der Waals surface area contributed by atoms with Gasteiger partial charge in [-0.2, -0.15) is 0 Å². The van der Waals surface area contributed by atoms with Crippen molar-refractivity contribution < 1.29 is 0 Å². The van der Waals surface area contributed by atoms with E-state index in [2.05, 4.69) is 214 Å². The smallest absolute Gasteiger partial charge is 0.0759 e. The Labute approximate surface area is 365 Å². The van der Waals surface area contributed by atoms with Crippen LogP contribution in [0, 0.1) is 0 Å². The molecule has 0 radical (unpaired) electrons. The lowest BCUT2D eigenvalue weighted by Crippen LogP contribution is -2.16. The van der Waals surface area contributed by atoms with Gasteiger partial charge in [-0.15, -0.1) is 0 Å². The second-order valence-corrected chi connectivity index (χ2v) is 18.2. The summed E-state index contributed by atoms with van der Waals surface area (Å²) in [6.07, 6.45) is 0. The highest BCUT2D eigenvalue weighted by Gasteiger charge is 2.39. The van der Waals surface area contributed by atoms with E-state index in [9.17, 15) is 0 Å². The van der Waals surface area contributed by atoms with Crippen molar-refractivity contribution in [2.75, 3.05) is 0 Å². The van der Waals surface area contributed by atoms with Crippen molar-refractivity contribution in [3.05, 3.63) is 211 Å². The molecule has 12 aromatic carbocycles. The summed E-state index contributed by atoms with van der Waals surface area (Å²) < 4.78 is 0. The van der Waals surface area contributed by atoms with Crippen molar-refractivity contribution in [2.45, 2.75) is 19.3 Å². The van der Waals surface area contributed by atoms with Gasteiger partial charge in [-0.05, 0) is 145 Å². The zero-order valence-electron chi connectivity index (χ0n) is 35.0. The van der Waals surface area contributed by atoms with Gasteiger partial charge in [-0.1, -0.05) is 190 Å². The predicted octanol–water partition coefficient (Wildman–Crippen LogP) is 17.0. The lowest BCUT2D eigenvalue weighted by atomic mass is 9.78. The average Bonchev–Trinajstić information content (AvgIpc) is 3.56. The minimum absolute atomic E-state index is 0.193. The second-order valence-electron chi connectivity index (χ2n) is 18.2. The minimum Gasteiger partial charge on any atom is -0.247 e. The molecule has 0 bridgehead atoms. The lowest BCUT2D eigenvalue weighted by Gasteiger charge is -2.25. The van der Waals surface area contributed by atoms with Gasteiger partial charge in [0.15, 0.2) is 0 Å². The molecular weight excluding hydrogens is 759 g/mol. The summed E-state index contributed by atoms with van der Waals surface area (Å²) in [6, 6.07) is 75.1. The fourth-order valence-electron chi connectivity index (χ4n) is 11.6. The number of para-hydroxylation sites is 1. The predicted molar refractivity (Wildman–Crippen MR) is 268 cm³/mol. The summed E-state index contributed by atoms with van der Waals surface area (Å²) >= 11 is 0. The first-order valence-corrected chi connectivity index (χ1v) is 22.1. The second kappa shape index (κ2) is 12.6. The molecule has 0 aliphatic heterocycles. The van der Waals surface area contributed by atoms with Crippen LogP contribution >= 0.6 is 0 Å². The fraction of sp³-hybridized carbons (Fsp3) is 0.0484. The number of nitrogens with zero attached hydrogens (tertiary/aromatic N) is 1. The topological polar surface area (TPSA) is 12.9 Å². The van der Waals surface area contributed by atoms with Gasteiger partial charge in [0.1, 0.15) is 0 Å². The summed E-state index contributed by atoms with van der Waals surface area (Å²) in [4.78, 5) is 5.32. The Morgan fingerprint density at radius 2 is 0.810 bits per heavy atom. The van der Waals surface area contributed by atoms with Crippen molar-refractivity contribution in [1.29, 1.82) is 0 Å². The van der Waals surface area contributed by atoms with Crippen LogP contribution in [0.1, 0.15) is 25.0 Å². The molecule has 0 unspecified atom stereocenters. The average molecular weight is 798 g/mol. The summed E-state index contributed by atoms with van der Waals surface area (Å²) in [5.74, 6) is 0. The van der Waals surface area contributed by atoms with Gasteiger partial charge < -0.3 is 0 Å². The fourth-order valence-corrected chi connectivity index (χ4v) is 11.6. The molecule has 63 heavy (non-hydrogen) atoms. The highest BCUT2D eigenvalue weighted by Crippen LogP contribution is 2.53. The molecule has 1 heterocycles. The van der Waals surface area contributed by atoms with Crippen molar-refractivity contribution in [3.63, 3.8) is 0 Å². The Balaban J connectivity index is 1.000. The molecule has 1 nitrogen and oxygen atoms in total. The molecular formula is C62H39N. The zero-order chi connectivity index (χ0) is 41.6. The number of hydrogen-bond donors (Lipinski definition) is 0. The molecule has 0 saturated carbocycles. The SMILES string of the molecule is CC1(C)c2ccccc2-c2nc3ccccc3c(-c3ccc(-c4cc(-c5ccc6ccc7cccc8ccc5c6c78)cc(-c5ccc6ccc7cccc8ccc5c6c78)c4)cc3)c21. The van der Waals surface area contributed by atoms with Gasteiger partial charge in [0, 0.05) is 16.4 Å². The Bertz CT molecular complexity index is 3840. The minimum atomic E-state index is -0.193. The molecule has 1 aromatic heterocycles. The summed E-state index contributed by atoms with van der Waals surface area (Å²) in [5, 5.41) is 16.8. The van der Waals surface area contributed by atoms with Crippen LogP contribution < -0.4 is 0 Å². The first kappa shape index (κ1) is 34.8. The van der Waals surface area contributed by atoms with E-state index in [0.717, 1.165) is 11.2 Å². The third-order valence-electron chi connectivity index (χ3n) is 14.5. The van der Waals surface area contributed by atoms with Gasteiger partial charge in [0.2, 0.25) is 0 Å². The highest BCUT2D eigenvalue weighted by molar-refractivity contribution is 6.27. The van der Waals surface area contributed by atoms with Crippen LogP contribution in [-0.4, -0.2) is 4.98 Å². The molecule has 0 spiro atoms. The van der Waals surface area contributed by atoms with Crippen LogP contribution in [-0.2, 0) is 5.41 Å². The third kappa shape index (κ3) is 4.85. The van der Waals surface area contributed by atoms with Gasteiger partial charge >= 0.3 is 0 Å². The number of hydrogen-bond acceptors (Lipinski definition) is 1. The summed E-state index contributed by atoms with van der Waals surface area (Å²) in [5.41, 5.74) is 15.6. The highest BCUT2D eigenvalue weighted by atomic mass is 14.7. The van der Waals surface area contributed by atoms with E-state index >= 15 is 0 Å². The van der Waals surface area contributed by atoms with E-state index in [1.807, 2.05) is 0 Å². The number of benzene rings is 12. The number of pyridine rings is 1. The number of rotatable bonds is 4. The number of aromatic nitrogens is 1. The van der Waals surface area contributed by atoms with E-state index < -0.39 is 0 Å². The molecule has 292 valence electrons. The van der Waals surface area contributed by atoms with Crippen LogP contribution in [0.25, 0.3) is 131 Å². The normalized spacial score (nSPS) is 13.4. The zero-order valence-corrected chi connectivity index (χ0v) is 35.0.